The van der Waals surface area contributed by atoms with Crippen molar-refractivity contribution in [2.24, 2.45) is 0 Å². The van der Waals surface area contributed by atoms with Gasteiger partial charge in [0.15, 0.2) is 5.78 Å². The van der Waals surface area contributed by atoms with E-state index in [1.807, 2.05) is 36.4 Å². The molecule has 174 valence electrons. The van der Waals surface area contributed by atoms with Crippen LogP contribution in [0.2, 0.25) is 0 Å². The minimum atomic E-state index is -0.541. The van der Waals surface area contributed by atoms with Crippen LogP contribution in [0.5, 0.6) is 0 Å². The van der Waals surface area contributed by atoms with Crippen molar-refractivity contribution < 1.29 is 14.3 Å². The molecule has 0 bridgehead atoms. The number of ketones is 1. The second-order valence-electron chi connectivity index (χ2n) is 9.22. The average Bonchev–Trinajstić information content (AvgIpc) is 3.26. The molecule has 3 aliphatic rings. The first-order chi connectivity index (χ1) is 16.1. The van der Waals surface area contributed by atoms with Gasteiger partial charge in [-0.15, -0.1) is 0 Å². The molecule has 2 saturated heterocycles. The van der Waals surface area contributed by atoms with Crippen molar-refractivity contribution in [1.82, 2.24) is 15.2 Å². The molecule has 0 aliphatic carbocycles. The van der Waals surface area contributed by atoms with Crippen LogP contribution in [0.3, 0.4) is 0 Å². The maximum atomic E-state index is 13.1. The Morgan fingerprint density at radius 3 is 2.70 bits per heavy atom. The molecule has 1 unspecified atom stereocenters. The van der Waals surface area contributed by atoms with Gasteiger partial charge in [-0.3, -0.25) is 14.7 Å². The van der Waals surface area contributed by atoms with Crippen LogP contribution in [-0.4, -0.2) is 67.6 Å². The summed E-state index contributed by atoms with van der Waals surface area (Å²) in [7, 11) is 1.35. The Labute approximate surface area is 195 Å². The van der Waals surface area contributed by atoms with E-state index in [4.69, 9.17) is 4.74 Å². The van der Waals surface area contributed by atoms with Crippen LogP contribution in [0.1, 0.15) is 40.7 Å². The fourth-order valence-electron chi connectivity index (χ4n) is 5.42. The van der Waals surface area contributed by atoms with Crippen LogP contribution in [0.25, 0.3) is 0 Å². The average molecular weight is 449 g/mol. The topological polar surface area (TPSA) is 65.1 Å². The number of aryl methyl sites for hydroxylation is 2. The summed E-state index contributed by atoms with van der Waals surface area (Å²) in [6.07, 6.45) is 4.24. The minimum Gasteiger partial charge on any atom is -0.452 e. The Morgan fingerprint density at radius 1 is 1.03 bits per heavy atom. The lowest BCUT2D eigenvalue weighted by atomic mass is 10.0. The molecule has 0 radical (unpaired) electrons. The number of ether oxygens (including phenoxy) is 1. The number of rotatable bonds is 5. The van der Waals surface area contributed by atoms with Crippen molar-refractivity contribution in [2.45, 2.75) is 38.1 Å². The van der Waals surface area contributed by atoms with E-state index in [0.717, 1.165) is 61.5 Å². The smallest absolute Gasteiger partial charge is 0.426 e. The third kappa shape index (κ3) is 4.61. The van der Waals surface area contributed by atoms with Gasteiger partial charge in [-0.2, -0.15) is 0 Å². The van der Waals surface area contributed by atoms with Crippen LogP contribution >= 0.6 is 0 Å². The SMILES string of the molecule is COC(=O)NN1c2ccccc2CCc2ccc(C(=O)CCN3CCN4CCCC4C3)cc21. The minimum absolute atomic E-state index is 0.141. The summed E-state index contributed by atoms with van der Waals surface area (Å²) >= 11 is 0. The number of nitrogens with zero attached hydrogens (tertiary/aromatic N) is 3. The number of carbonyl (C=O) groups excluding carboxylic acids is 2. The number of hydrazine groups is 1. The molecule has 1 amide bonds. The summed E-state index contributed by atoms with van der Waals surface area (Å²) in [5, 5.41) is 1.76. The zero-order chi connectivity index (χ0) is 22.8. The molecule has 5 rings (SSSR count). The predicted octanol–water partition coefficient (Wildman–Crippen LogP) is 3.55. The molecule has 3 aliphatic heterocycles. The molecular formula is C26H32N4O3. The van der Waals surface area contributed by atoms with Crippen molar-refractivity contribution >= 4 is 23.3 Å². The molecule has 1 N–H and O–H groups in total. The van der Waals surface area contributed by atoms with Gasteiger partial charge in [0.05, 0.1) is 18.5 Å². The Hall–Kier alpha value is -2.90. The first-order valence-corrected chi connectivity index (χ1v) is 12.0. The summed E-state index contributed by atoms with van der Waals surface area (Å²) in [5.41, 5.74) is 7.49. The number of hydrogen-bond acceptors (Lipinski definition) is 6. The molecule has 2 fully saturated rings. The lowest BCUT2D eigenvalue weighted by Crippen LogP contribution is -2.50. The molecule has 7 nitrogen and oxygen atoms in total. The number of benzene rings is 2. The van der Waals surface area contributed by atoms with Gasteiger partial charge in [0, 0.05) is 44.2 Å². The van der Waals surface area contributed by atoms with Crippen molar-refractivity contribution in [1.29, 1.82) is 0 Å². The van der Waals surface area contributed by atoms with Gasteiger partial charge in [0.1, 0.15) is 0 Å². The predicted molar refractivity (Wildman–Crippen MR) is 128 cm³/mol. The number of carbonyl (C=O) groups is 2. The van der Waals surface area contributed by atoms with E-state index in [2.05, 4.69) is 21.3 Å². The standard InChI is InChI=1S/C26H32N4O3/c1-33-26(32)27-30-23-7-3-2-5-19(23)8-9-20-10-11-21(17-24(20)30)25(31)12-14-28-15-16-29-13-4-6-22(29)18-28/h2-3,5,7,10-11,17,22H,4,6,8-9,12-16,18H2,1H3,(H,27,32). The summed E-state index contributed by atoms with van der Waals surface area (Å²) in [4.78, 5) is 30.3. The van der Waals surface area contributed by atoms with Gasteiger partial charge in [0.2, 0.25) is 0 Å². The number of anilines is 2. The van der Waals surface area contributed by atoms with E-state index in [0.29, 0.717) is 18.0 Å². The number of nitrogens with one attached hydrogen (secondary N) is 1. The molecule has 33 heavy (non-hydrogen) atoms. The third-order valence-corrected chi connectivity index (χ3v) is 7.26. The molecule has 0 aromatic heterocycles. The van der Waals surface area contributed by atoms with E-state index < -0.39 is 6.09 Å². The Balaban J connectivity index is 1.34. The summed E-state index contributed by atoms with van der Waals surface area (Å²) in [6.45, 7) is 5.26. The number of Topliss-reactive ketones (excluding diaryl/α,β-unsaturated/α-hetero) is 1. The van der Waals surface area contributed by atoms with Crippen molar-refractivity contribution in [3.8, 4) is 0 Å². The lowest BCUT2D eigenvalue weighted by molar-refractivity contribution is 0.0871. The van der Waals surface area contributed by atoms with Gasteiger partial charge >= 0.3 is 6.09 Å². The van der Waals surface area contributed by atoms with E-state index in [1.165, 1.54) is 26.5 Å². The summed E-state index contributed by atoms with van der Waals surface area (Å²) in [6, 6.07) is 14.6. The second kappa shape index (κ2) is 9.53. The van der Waals surface area contributed by atoms with Crippen LogP contribution < -0.4 is 10.4 Å². The van der Waals surface area contributed by atoms with Gasteiger partial charge in [0.25, 0.3) is 0 Å². The monoisotopic (exact) mass is 448 g/mol. The van der Waals surface area contributed by atoms with E-state index in [1.54, 1.807) is 5.01 Å². The fourth-order valence-corrected chi connectivity index (χ4v) is 5.42. The van der Waals surface area contributed by atoms with E-state index in [-0.39, 0.29) is 5.78 Å². The molecule has 7 heteroatoms. The Morgan fingerprint density at radius 2 is 1.85 bits per heavy atom. The highest BCUT2D eigenvalue weighted by Crippen LogP contribution is 2.35. The molecule has 0 spiro atoms. The van der Waals surface area contributed by atoms with Crippen molar-refractivity contribution in [3.63, 3.8) is 0 Å². The van der Waals surface area contributed by atoms with Crippen LogP contribution in [0.4, 0.5) is 16.2 Å². The highest BCUT2D eigenvalue weighted by atomic mass is 16.5. The fraction of sp³-hybridized carbons (Fsp3) is 0.462. The summed E-state index contributed by atoms with van der Waals surface area (Å²) in [5.74, 6) is 0.141. The van der Waals surface area contributed by atoms with Crippen LogP contribution in [-0.2, 0) is 17.6 Å². The number of amides is 1. The Kier molecular flexibility index (Phi) is 6.33. The molecule has 2 aromatic rings. The second-order valence-corrected chi connectivity index (χ2v) is 9.22. The van der Waals surface area contributed by atoms with Gasteiger partial charge in [-0.1, -0.05) is 30.3 Å². The number of hydrogen-bond donors (Lipinski definition) is 1. The molecule has 1 atom stereocenters. The molecule has 2 aromatic carbocycles. The molecular weight excluding hydrogens is 416 g/mol. The summed E-state index contributed by atoms with van der Waals surface area (Å²) < 4.78 is 4.87. The van der Waals surface area contributed by atoms with E-state index >= 15 is 0 Å². The lowest BCUT2D eigenvalue weighted by Gasteiger charge is -2.37. The number of fused-ring (bicyclic) bond motifs is 3. The highest BCUT2D eigenvalue weighted by Gasteiger charge is 2.30. The van der Waals surface area contributed by atoms with Crippen molar-refractivity contribution in [3.05, 3.63) is 59.2 Å². The first-order valence-electron chi connectivity index (χ1n) is 12.0. The zero-order valence-electron chi connectivity index (χ0n) is 19.3. The maximum absolute atomic E-state index is 13.1. The van der Waals surface area contributed by atoms with Gasteiger partial charge in [-0.05, 0) is 55.5 Å². The number of para-hydroxylation sites is 1. The van der Waals surface area contributed by atoms with Gasteiger partial charge in [-0.25, -0.2) is 10.2 Å². The number of methoxy groups -OCH3 is 1. The van der Waals surface area contributed by atoms with Crippen molar-refractivity contribution in [2.75, 3.05) is 44.8 Å². The zero-order valence-corrected chi connectivity index (χ0v) is 19.3. The van der Waals surface area contributed by atoms with Crippen LogP contribution in [0, 0.1) is 0 Å². The third-order valence-electron chi connectivity index (χ3n) is 7.26. The molecule has 0 saturated carbocycles. The largest absolute Gasteiger partial charge is 0.452 e. The highest BCUT2D eigenvalue weighted by molar-refractivity contribution is 5.97. The van der Waals surface area contributed by atoms with Gasteiger partial charge < -0.3 is 9.64 Å². The number of piperazine rings is 1. The van der Waals surface area contributed by atoms with E-state index in [9.17, 15) is 9.59 Å². The Bertz CT molecular complexity index is 1040. The first kappa shape index (κ1) is 21.9. The normalized spacial score (nSPS) is 20.4. The maximum Gasteiger partial charge on any atom is 0.426 e. The van der Waals surface area contributed by atoms with Crippen LogP contribution in [0.15, 0.2) is 42.5 Å². The molecule has 3 heterocycles. The quantitative estimate of drug-likeness (QED) is 0.706.